The summed E-state index contributed by atoms with van der Waals surface area (Å²) in [4.78, 5) is 18.2. The molecule has 0 fully saturated rings. The van der Waals surface area contributed by atoms with E-state index in [-0.39, 0.29) is 12.1 Å². The number of aryl methyl sites for hydroxylation is 1. The number of nitrogens with two attached hydrogens (primary N) is 1. The smallest absolute Gasteiger partial charge is 0.306 e. The quantitative estimate of drug-likeness (QED) is 0.178. The average Bonchev–Trinajstić information content (AvgIpc) is 2.87. The summed E-state index contributed by atoms with van der Waals surface area (Å²) in [6, 6.07) is 11.7. The van der Waals surface area contributed by atoms with Crippen LogP contribution in [0.3, 0.4) is 0 Å². The molecular weight excluding hydrogens is 452 g/mol. The van der Waals surface area contributed by atoms with Gasteiger partial charge in [0.1, 0.15) is 5.82 Å². The van der Waals surface area contributed by atoms with E-state index < -0.39 is 0 Å². The highest BCUT2D eigenvalue weighted by Crippen LogP contribution is 2.23. The third-order valence-corrected chi connectivity index (χ3v) is 5.05. The number of carbonyl (C=O) groups is 1. The van der Waals surface area contributed by atoms with Crippen LogP contribution in [0.15, 0.2) is 36.4 Å². The van der Waals surface area contributed by atoms with Crippen molar-refractivity contribution in [2.75, 3.05) is 30.3 Å². The van der Waals surface area contributed by atoms with E-state index in [1.807, 2.05) is 71.0 Å². The largest absolute Gasteiger partial charge is 0.478 e. The van der Waals surface area contributed by atoms with Crippen LogP contribution in [0, 0.1) is 12.3 Å². The second-order valence-electron chi connectivity index (χ2n) is 8.29. The van der Waals surface area contributed by atoms with Gasteiger partial charge in [0.25, 0.3) is 0 Å². The molecule has 0 saturated heterocycles. The first-order valence-electron chi connectivity index (χ1n) is 13.2. The van der Waals surface area contributed by atoms with Crippen molar-refractivity contribution in [1.82, 2.24) is 4.98 Å². The zero-order valence-electron chi connectivity index (χ0n) is 23.5. The number of benzene rings is 1. The maximum atomic E-state index is 11.6. The summed E-state index contributed by atoms with van der Waals surface area (Å²) in [7, 11) is 0. The van der Waals surface area contributed by atoms with E-state index in [0.29, 0.717) is 31.1 Å². The molecule has 1 aromatic carbocycles. The molecule has 202 valence electrons. The molecule has 1 heterocycles. The van der Waals surface area contributed by atoms with Crippen LogP contribution in [0.5, 0.6) is 5.88 Å². The standard InChI is InChI=1S/C19H33N3O3.C8H9N.C2H6/c1-5-10-22(11-6-2)16-13-17(20)21-18(14-16)24-12-8-9-19(23)25-15(4)7-3;1-7-3-2-4-8(5-7)6-9;1-2/h13-15H,5-12H2,1-4H3,(H2,20,21);2-6,9H,1H3;1-2H3. The normalized spacial score (nSPS) is 10.6. The lowest BCUT2D eigenvalue weighted by atomic mass is 10.2. The molecule has 1 unspecified atom stereocenters. The lowest BCUT2D eigenvalue weighted by molar-refractivity contribution is -0.148. The van der Waals surface area contributed by atoms with E-state index in [1.54, 1.807) is 0 Å². The highest BCUT2D eigenvalue weighted by Gasteiger charge is 2.10. The number of nitrogens with zero attached hydrogens (tertiary/aromatic N) is 2. The second-order valence-corrected chi connectivity index (χ2v) is 8.29. The second kappa shape index (κ2) is 20.1. The van der Waals surface area contributed by atoms with E-state index in [1.165, 1.54) is 11.8 Å². The fourth-order valence-corrected chi connectivity index (χ4v) is 3.20. The summed E-state index contributed by atoms with van der Waals surface area (Å²) in [5.41, 5.74) is 9.12. The number of hydrogen-bond donors (Lipinski definition) is 2. The SMILES string of the molecule is CC.CCCN(CCC)c1cc(N)nc(OCCCC(=O)OC(C)CC)c1.Cc1cccc(C=N)c1. The van der Waals surface area contributed by atoms with Gasteiger partial charge in [-0.15, -0.1) is 0 Å². The predicted molar refractivity (Wildman–Crippen MR) is 152 cm³/mol. The Balaban J connectivity index is 0.000000922. The zero-order valence-corrected chi connectivity index (χ0v) is 23.5. The van der Waals surface area contributed by atoms with Gasteiger partial charge in [-0.05, 0) is 45.1 Å². The fraction of sp³-hybridized carbons (Fsp3) is 0.552. The molecule has 0 amide bonds. The van der Waals surface area contributed by atoms with Crippen LogP contribution in [0.4, 0.5) is 11.5 Å². The molecule has 0 aliphatic heterocycles. The lowest BCUT2D eigenvalue weighted by Gasteiger charge is -2.24. The molecule has 1 aromatic heterocycles. The van der Waals surface area contributed by atoms with Gasteiger partial charge in [-0.3, -0.25) is 4.79 Å². The van der Waals surface area contributed by atoms with Crippen molar-refractivity contribution in [3.63, 3.8) is 0 Å². The minimum atomic E-state index is -0.184. The zero-order chi connectivity index (χ0) is 27.3. The topological polar surface area (TPSA) is 102 Å². The molecular formula is C29H48N4O3. The number of nitrogen functional groups attached to an aromatic ring is 1. The van der Waals surface area contributed by atoms with Gasteiger partial charge in [0.05, 0.1) is 12.7 Å². The molecule has 0 aliphatic rings. The van der Waals surface area contributed by atoms with Crippen molar-refractivity contribution in [3.05, 3.63) is 47.5 Å². The van der Waals surface area contributed by atoms with E-state index in [4.69, 9.17) is 20.6 Å². The van der Waals surface area contributed by atoms with Crippen LogP contribution in [0.1, 0.15) is 84.8 Å². The molecule has 2 aromatic rings. The highest BCUT2D eigenvalue weighted by atomic mass is 16.5. The first-order chi connectivity index (χ1) is 17.3. The van der Waals surface area contributed by atoms with Crippen LogP contribution in [0.25, 0.3) is 0 Å². The lowest BCUT2D eigenvalue weighted by Crippen LogP contribution is -2.25. The Hall–Kier alpha value is -3.09. The summed E-state index contributed by atoms with van der Waals surface area (Å²) < 4.78 is 10.9. The number of esters is 1. The Bertz CT molecular complexity index is 867. The third kappa shape index (κ3) is 14.3. The van der Waals surface area contributed by atoms with Crippen LogP contribution >= 0.6 is 0 Å². The molecule has 7 nitrogen and oxygen atoms in total. The molecule has 0 spiro atoms. The van der Waals surface area contributed by atoms with Crippen LogP contribution in [-0.2, 0) is 9.53 Å². The molecule has 2 rings (SSSR count). The maximum Gasteiger partial charge on any atom is 0.306 e. The molecule has 0 aliphatic carbocycles. The highest BCUT2D eigenvalue weighted by molar-refractivity contribution is 5.77. The molecule has 3 N–H and O–H groups in total. The summed E-state index contributed by atoms with van der Waals surface area (Å²) in [6.07, 6.45) is 5.21. The van der Waals surface area contributed by atoms with Gasteiger partial charge in [-0.1, -0.05) is 64.4 Å². The molecule has 1 atom stereocenters. The van der Waals surface area contributed by atoms with Gasteiger partial charge >= 0.3 is 5.97 Å². The van der Waals surface area contributed by atoms with Crippen molar-refractivity contribution < 1.29 is 14.3 Å². The van der Waals surface area contributed by atoms with Gasteiger partial charge in [0.2, 0.25) is 5.88 Å². The Labute approximate surface area is 218 Å². The Kier molecular flexibility index (Phi) is 18.4. The minimum absolute atomic E-state index is 0.0327. The average molecular weight is 501 g/mol. The Morgan fingerprint density at radius 3 is 2.33 bits per heavy atom. The van der Waals surface area contributed by atoms with E-state index >= 15 is 0 Å². The molecule has 0 bridgehead atoms. The molecule has 36 heavy (non-hydrogen) atoms. The van der Waals surface area contributed by atoms with Crippen LogP contribution < -0.4 is 15.4 Å². The monoisotopic (exact) mass is 500 g/mol. The number of carbonyl (C=O) groups excluding carboxylic acids is 1. The van der Waals surface area contributed by atoms with Crippen molar-refractivity contribution in [2.24, 2.45) is 0 Å². The predicted octanol–water partition coefficient (Wildman–Crippen LogP) is 6.81. The number of anilines is 2. The van der Waals surface area contributed by atoms with E-state index in [2.05, 4.69) is 23.7 Å². The third-order valence-electron chi connectivity index (χ3n) is 5.05. The van der Waals surface area contributed by atoms with Gasteiger partial charge in [0, 0.05) is 43.5 Å². The Morgan fingerprint density at radius 1 is 1.14 bits per heavy atom. The maximum absolute atomic E-state index is 11.6. The van der Waals surface area contributed by atoms with Crippen molar-refractivity contribution >= 4 is 23.7 Å². The van der Waals surface area contributed by atoms with Crippen molar-refractivity contribution in [2.45, 2.75) is 86.7 Å². The van der Waals surface area contributed by atoms with Crippen LogP contribution in [-0.4, -0.2) is 43.0 Å². The minimum Gasteiger partial charge on any atom is -0.478 e. The van der Waals surface area contributed by atoms with Gasteiger partial charge < -0.3 is 25.5 Å². The summed E-state index contributed by atoms with van der Waals surface area (Å²) in [5.74, 6) is 0.764. The number of rotatable bonds is 13. The van der Waals surface area contributed by atoms with Gasteiger partial charge in [-0.25, -0.2) is 0 Å². The number of nitrogens with one attached hydrogen (secondary N) is 1. The van der Waals surface area contributed by atoms with Gasteiger partial charge in [0.15, 0.2) is 0 Å². The molecule has 0 radical (unpaired) electrons. The van der Waals surface area contributed by atoms with Crippen molar-refractivity contribution in [1.29, 1.82) is 5.41 Å². The number of pyridine rings is 1. The summed E-state index contributed by atoms with van der Waals surface area (Å²) >= 11 is 0. The number of hydrogen-bond acceptors (Lipinski definition) is 7. The first kappa shape index (κ1) is 32.9. The first-order valence-corrected chi connectivity index (χ1v) is 13.2. The molecule has 7 heteroatoms. The number of aromatic nitrogens is 1. The molecule has 0 saturated carbocycles. The van der Waals surface area contributed by atoms with Crippen LogP contribution in [0.2, 0.25) is 0 Å². The fourth-order valence-electron chi connectivity index (χ4n) is 3.20. The van der Waals surface area contributed by atoms with Gasteiger partial charge in [-0.2, -0.15) is 4.98 Å². The number of ether oxygens (including phenoxy) is 2. The van der Waals surface area contributed by atoms with Crippen molar-refractivity contribution in [3.8, 4) is 5.88 Å². The summed E-state index contributed by atoms with van der Waals surface area (Å²) in [6.45, 7) is 16.6. The van der Waals surface area contributed by atoms with E-state index in [0.717, 1.165) is 43.6 Å². The Morgan fingerprint density at radius 2 is 1.81 bits per heavy atom. The van der Waals surface area contributed by atoms with E-state index in [9.17, 15) is 4.79 Å². The summed E-state index contributed by atoms with van der Waals surface area (Å²) in [5, 5.41) is 6.92.